The van der Waals surface area contributed by atoms with Crippen LogP contribution in [0.2, 0.25) is 0 Å². The van der Waals surface area contributed by atoms with Crippen molar-refractivity contribution >= 4 is 5.78 Å². The number of ketones is 1. The van der Waals surface area contributed by atoms with Gasteiger partial charge >= 0.3 is 0 Å². The molecule has 2 nitrogen and oxygen atoms in total. The van der Waals surface area contributed by atoms with E-state index in [1.807, 2.05) is 59.4 Å². The molecule has 0 N–H and O–H groups in total. The zero-order valence-electron chi connectivity index (χ0n) is 9.26. The normalized spacial score (nSPS) is 10.1. The van der Waals surface area contributed by atoms with Gasteiger partial charge in [0.2, 0.25) is 0 Å². The van der Waals surface area contributed by atoms with E-state index >= 15 is 0 Å². The highest BCUT2D eigenvalue weighted by atomic mass is 16.1. The molecular weight excluding hydrogens is 198 g/mol. The number of pyridine rings is 1. The molecule has 1 aromatic carbocycles. The van der Waals surface area contributed by atoms with Crippen molar-refractivity contribution in [2.24, 2.45) is 0 Å². The molecule has 2 aromatic rings. The average molecular weight is 212 g/mol. The maximum atomic E-state index is 12.1. The Balaban J connectivity index is 2.34. The van der Waals surface area contributed by atoms with E-state index in [9.17, 15) is 4.79 Å². The molecule has 0 spiro atoms. The third kappa shape index (κ3) is 2.16. The molecule has 0 atom stereocenters. The number of hydrogen-bond acceptors (Lipinski definition) is 1. The van der Waals surface area contributed by atoms with Crippen LogP contribution in [-0.4, -0.2) is 5.78 Å². The fourth-order valence-corrected chi connectivity index (χ4v) is 1.61. The summed E-state index contributed by atoms with van der Waals surface area (Å²) in [5.74, 6) is 0.0726. The molecule has 0 saturated heterocycles. The first-order valence-electron chi connectivity index (χ1n) is 5.40. The molecule has 0 radical (unpaired) electrons. The summed E-state index contributed by atoms with van der Waals surface area (Å²) < 4.78 is 2.00. The van der Waals surface area contributed by atoms with Crippen molar-refractivity contribution in [1.82, 2.24) is 0 Å². The predicted molar refractivity (Wildman–Crippen MR) is 62.2 cm³/mol. The first-order valence-corrected chi connectivity index (χ1v) is 5.40. The highest BCUT2D eigenvalue weighted by Crippen LogP contribution is 2.07. The summed E-state index contributed by atoms with van der Waals surface area (Å²) >= 11 is 0. The molecule has 0 amide bonds. The Bertz CT molecular complexity index is 491. The fraction of sp³-hybridized carbons (Fsp3) is 0.143. The Morgan fingerprint density at radius 3 is 2.44 bits per heavy atom. The summed E-state index contributed by atoms with van der Waals surface area (Å²) in [6, 6.07) is 13.1. The lowest BCUT2D eigenvalue weighted by atomic mass is 10.1. The molecule has 0 aliphatic heterocycles. The van der Waals surface area contributed by atoms with Gasteiger partial charge in [-0.25, -0.2) is 4.57 Å². The SMILES string of the molecule is CC[n+]1cccc(C(=O)c2ccccc2)c1. The second kappa shape index (κ2) is 4.71. The number of hydrogen-bond donors (Lipinski definition) is 0. The van der Waals surface area contributed by atoms with Gasteiger partial charge < -0.3 is 0 Å². The van der Waals surface area contributed by atoms with Crippen molar-refractivity contribution in [3.8, 4) is 0 Å². The number of carbonyl (C=O) groups is 1. The number of rotatable bonds is 3. The van der Waals surface area contributed by atoms with Crippen LogP contribution in [0, 0.1) is 0 Å². The van der Waals surface area contributed by atoms with Gasteiger partial charge in [0.15, 0.2) is 18.2 Å². The maximum absolute atomic E-state index is 12.1. The Labute approximate surface area is 95.2 Å². The smallest absolute Gasteiger partial charge is 0.199 e. The zero-order chi connectivity index (χ0) is 11.4. The molecular formula is C14H14NO+. The summed E-state index contributed by atoms with van der Waals surface area (Å²) in [7, 11) is 0. The van der Waals surface area contributed by atoms with E-state index in [1.54, 1.807) is 0 Å². The molecule has 1 aromatic heterocycles. The van der Waals surface area contributed by atoms with E-state index in [2.05, 4.69) is 6.92 Å². The number of carbonyl (C=O) groups excluding carboxylic acids is 1. The van der Waals surface area contributed by atoms with Gasteiger partial charge in [-0.2, -0.15) is 0 Å². The molecule has 0 aliphatic carbocycles. The molecule has 0 aliphatic rings. The number of benzene rings is 1. The van der Waals surface area contributed by atoms with Gasteiger partial charge in [0.1, 0.15) is 6.54 Å². The summed E-state index contributed by atoms with van der Waals surface area (Å²) in [4.78, 5) is 12.1. The van der Waals surface area contributed by atoms with Crippen LogP contribution >= 0.6 is 0 Å². The Kier molecular flexibility index (Phi) is 3.10. The van der Waals surface area contributed by atoms with Crippen LogP contribution in [0.25, 0.3) is 0 Å². The first kappa shape index (κ1) is 10.6. The van der Waals surface area contributed by atoms with Crippen LogP contribution in [-0.2, 0) is 6.54 Å². The van der Waals surface area contributed by atoms with Crippen LogP contribution in [0.1, 0.15) is 22.8 Å². The molecule has 0 bridgehead atoms. The lowest BCUT2D eigenvalue weighted by Gasteiger charge is -1.99. The van der Waals surface area contributed by atoms with Gasteiger partial charge in [0, 0.05) is 11.6 Å². The van der Waals surface area contributed by atoms with Crippen molar-refractivity contribution < 1.29 is 9.36 Å². The molecule has 0 fully saturated rings. The molecule has 1 heterocycles. The standard InChI is InChI=1S/C14H14NO/c1-2-15-10-6-9-13(11-15)14(16)12-7-4-3-5-8-12/h3-11H,2H2,1H3/q+1. The zero-order valence-corrected chi connectivity index (χ0v) is 9.26. The predicted octanol–water partition coefficient (Wildman–Crippen LogP) is 2.23. The molecule has 16 heavy (non-hydrogen) atoms. The Hall–Kier alpha value is -1.96. The summed E-state index contributed by atoms with van der Waals surface area (Å²) in [5.41, 5.74) is 1.46. The van der Waals surface area contributed by atoms with Crippen LogP contribution in [0.3, 0.4) is 0 Å². The van der Waals surface area contributed by atoms with E-state index in [-0.39, 0.29) is 5.78 Å². The van der Waals surface area contributed by atoms with Crippen molar-refractivity contribution in [3.63, 3.8) is 0 Å². The van der Waals surface area contributed by atoms with Crippen molar-refractivity contribution in [3.05, 3.63) is 66.0 Å². The quantitative estimate of drug-likeness (QED) is 0.564. The highest BCUT2D eigenvalue weighted by molar-refractivity contribution is 6.08. The minimum Gasteiger partial charge on any atom is -0.288 e. The molecule has 0 unspecified atom stereocenters. The molecule has 2 heteroatoms. The Morgan fingerprint density at radius 2 is 1.75 bits per heavy atom. The minimum absolute atomic E-state index is 0.0726. The van der Waals surface area contributed by atoms with E-state index in [0.29, 0.717) is 0 Å². The van der Waals surface area contributed by atoms with Gasteiger partial charge in [-0.1, -0.05) is 30.3 Å². The van der Waals surface area contributed by atoms with E-state index in [4.69, 9.17) is 0 Å². The fourth-order valence-electron chi connectivity index (χ4n) is 1.61. The topological polar surface area (TPSA) is 20.9 Å². The van der Waals surface area contributed by atoms with Gasteiger partial charge in [-0.05, 0) is 13.0 Å². The van der Waals surface area contributed by atoms with Crippen LogP contribution in [0.5, 0.6) is 0 Å². The highest BCUT2D eigenvalue weighted by Gasteiger charge is 2.11. The molecule has 0 saturated carbocycles. The van der Waals surface area contributed by atoms with Crippen molar-refractivity contribution in [2.45, 2.75) is 13.5 Å². The van der Waals surface area contributed by atoms with Gasteiger partial charge in [0.25, 0.3) is 0 Å². The minimum atomic E-state index is 0.0726. The van der Waals surface area contributed by atoms with E-state index < -0.39 is 0 Å². The van der Waals surface area contributed by atoms with Crippen LogP contribution in [0.15, 0.2) is 54.9 Å². The number of nitrogens with zero attached hydrogens (tertiary/aromatic N) is 1. The largest absolute Gasteiger partial charge is 0.288 e. The monoisotopic (exact) mass is 212 g/mol. The second-order valence-corrected chi connectivity index (χ2v) is 3.62. The van der Waals surface area contributed by atoms with E-state index in [0.717, 1.165) is 17.7 Å². The summed E-state index contributed by atoms with van der Waals surface area (Å²) in [6.45, 7) is 2.92. The lowest BCUT2D eigenvalue weighted by molar-refractivity contribution is -0.693. The summed E-state index contributed by atoms with van der Waals surface area (Å²) in [5, 5.41) is 0. The third-order valence-corrected chi connectivity index (χ3v) is 2.52. The van der Waals surface area contributed by atoms with E-state index in [1.165, 1.54) is 0 Å². The second-order valence-electron chi connectivity index (χ2n) is 3.62. The molecule has 2 rings (SSSR count). The number of aryl methyl sites for hydroxylation is 1. The van der Waals surface area contributed by atoms with Crippen LogP contribution < -0.4 is 4.57 Å². The molecule has 80 valence electrons. The third-order valence-electron chi connectivity index (χ3n) is 2.52. The van der Waals surface area contributed by atoms with Crippen molar-refractivity contribution in [1.29, 1.82) is 0 Å². The van der Waals surface area contributed by atoms with Crippen molar-refractivity contribution in [2.75, 3.05) is 0 Å². The van der Waals surface area contributed by atoms with Crippen LogP contribution in [0.4, 0.5) is 0 Å². The number of aromatic nitrogens is 1. The first-order chi connectivity index (χ1) is 7.81. The van der Waals surface area contributed by atoms with Gasteiger partial charge in [0.05, 0.1) is 5.56 Å². The van der Waals surface area contributed by atoms with Gasteiger partial charge in [-0.15, -0.1) is 0 Å². The maximum Gasteiger partial charge on any atom is 0.199 e. The summed E-state index contributed by atoms with van der Waals surface area (Å²) in [6.07, 6.45) is 3.84. The Morgan fingerprint density at radius 1 is 1.06 bits per heavy atom. The lowest BCUT2D eigenvalue weighted by Crippen LogP contribution is -2.32. The average Bonchev–Trinajstić information content (AvgIpc) is 2.39. The van der Waals surface area contributed by atoms with Gasteiger partial charge in [-0.3, -0.25) is 4.79 Å².